The summed E-state index contributed by atoms with van der Waals surface area (Å²) < 4.78 is 4.92. The van der Waals surface area contributed by atoms with Gasteiger partial charge in [0.2, 0.25) is 0 Å². The van der Waals surface area contributed by atoms with Crippen LogP contribution in [0, 0.1) is 0 Å². The third-order valence-corrected chi connectivity index (χ3v) is 4.77. The molecule has 21 heavy (non-hydrogen) atoms. The summed E-state index contributed by atoms with van der Waals surface area (Å²) in [6.45, 7) is 1.47. The first-order chi connectivity index (χ1) is 10.3. The van der Waals surface area contributed by atoms with Crippen molar-refractivity contribution in [1.29, 1.82) is 0 Å². The second-order valence-electron chi connectivity index (χ2n) is 4.96. The van der Waals surface area contributed by atoms with Crippen LogP contribution in [0.5, 0.6) is 0 Å². The predicted molar refractivity (Wildman–Crippen MR) is 85.6 cm³/mol. The number of nitrogens with zero attached hydrogens (tertiary/aromatic N) is 1. The molecule has 108 valence electrons. The normalized spacial score (nSPS) is 17.2. The second kappa shape index (κ2) is 6.22. The Bertz CT molecular complexity index is 630. The van der Waals surface area contributed by atoms with Crippen LogP contribution in [0.3, 0.4) is 0 Å². The lowest BCUT2D eigenvalue weighted by Gasteiger charge is -2.34. The Labute approximate surface area is 128 Å². The van der Waals surface area contributed by atoms with Crippen LogP contribution in [-0.4, -0.2) is 24.9 Å². The average Bonchev–Trinajstić information content (AvgIpc) is 2.55. The van der Waals surface area contributed by atoms with Gasteiger partial charge in [-0.3, -0.25) is 4.79 Å². The van der Waals surface area contributed by atoms with Crippen molar-refractivity contribution in [3.8, 4) is 0 Å². The Balaban J connectivity index is 1.89. The number of esters is 1. The van der Waals surface area contributed by atoms with Gasteiger partial charge in [-0.05, 0) is 17.7 Å². The highest BCUT2D eigenvalue weighted by Gasteiger charge is 2.30. The van der Waals surface area contributed by atoms with E-state index in [1.54, 1.807) is 11.8 Å². The summed E-state index contributed by atoms with van der Waals surface area (Å²) in [5.41, 5.74) is 2.43. The molecule has 0 aromatic heterocycles. The van der Waals surface area contributed by atoms with E-state index in [2.05, 4.69) is 29.2 Å². The zero-order chi connectivity index (χ0) is 14.7. The molecule has 1 aliphatic rings. The molecular formula is C17H17NO2S. The molecule has 2 aromatic rings. The summed E-state index contributed by atoms with van der Waals surface area (Å²) in [5.74, 6) is -0.160. The molecule has 0 fully saturated rings. The van der Waals surface area contributed by atoms with Crippen LogP contribution >= 0.6 is 11.8 Å². The van der Waals surface area contributed by atoms with Crippen LogP contribution < -0.4 is 4.90 Å². The van der Waals surface area contributed by atoms with Crippen molar-refractivity contribution in [3.63, 3.8) is 0 Å². The number of para-hydroxylation sites is 1. The minimum atomic E-state index is -0.173. The Hall–Kier alpha value is -1.94. The number of benzene rings is 2. The van der Waals surface area contributed by atoms with Crippen molar-refractivity contribution in [2.24, 2.45) is 0 Å². The molecule has 3 rings (SSSR count). The molecule has 3 nitrogen and oxygen atoms in total. The molecule has 1 heterocycles. The van der Waals surface area contributed by atoms with E-state index in [-0.39, 0.29) is 11.2 Å². The topological polar surface area (TPSA) is 29.5 Å². The van der Waals surface area contributed by atoms with Gasteiger partial charge in [-0.15, -0.1) is 11.8 Å². The van der Waals surface area contributed by atoms with E-state index in [1.165, 1.54) is 18.4 Å². The SMILES string of the molecule is COC(=O)[C@@H]1CN(Cc2ccccc2)c2ccccc2S1. The Morgan fingerprint density at radius 3 is 2.67 bits per heavy atom. The molecule has 0 bridgehead atoms. The molecule has 2 aromatic carbocycles. The Morgan fingerprint density at radius 2 is 1.90 bits per heavy atom. The van der Waals surface area contributed by atoms with Gasteiger partial charge in [-0.1, -0.05) is 42.5 Å². The van der Waals surface area contributed by atoms with Crippen LogP contribution in [0.25, 0.3) is 0 Å². The molecule has 1 aliphatic heterocycles. The summed E-state index contributed by atoms with van der Waals surface area (Å²) in [6.07, 6.45) is 0. The zero-order valence-electron chi connectivity index (χ0n) is 11.9. The summed E-state index contributed by atoms with van der Waals surface area (Å²) in [7, 11) is 1.45. The standard InChI is InChI=1S/C17H17NO2S/c1-20-17(19)16-12-18(11-13-7-3-2-4-8-13)14-9-5-6-10-15(14)21-16/h2-10,16H,11-12H2,1H3/t16-/m0/s1. The molecule has 1 atom stereocenters. The highest BCUT2D eigenvalue weighted by molar-refractivity contribution is 8.00. The van der Waals surface area contributed by atoms with Gasteiger partial charge < -0.3 is 9.64 Å². The van der Waals surface area contributed by atoms with E-state index < -0.39 is 0 Å². The smallest absolute Gasteiger partial charge is 0.320 e. The van der Waals surface area contributed by atoms with Crippen molar-refractivity contribution in [1.82, 2.24) is 0 Å². The number of anilines is 1. The quantitative estimate of drug-likeness (QED) is 0.813. The lowest BCUT2D eigenvalue weighted by Crippen LogP contribution is -2.38. The molecule has 0 amide bonds. The van der Waals surface area contributed by atoms with E-state index in [9.17, 15) is 4.79 Å². The number of methoxy groups -OCH3 is 1. The lowest BCUT2D eigenvalue weighted by atomic mass is 10.2. The summed E-state index contributed by atoms with van der Waals surface area (Å²) >= 11 is 1.59. The maximum absolute atomic E-state index is 11.9. The molecule has 0 saturated heterocycles. The Kier molecular flexibility index (Phi) is 4.15. The fourth-order valence-electron chi connectivity index (χ4n) is 2.51. The first kappa shape index (κ1) is 14.0. The number of ether oxygens (including phenoxy) is 1. The van der Waals surface area contributed by atoms with Crippen molar-refractivity contribution in [2.75, 3.05) is 18.6 Å². The van der Waals surface area contributed by atoms with E-state index in [4.69, 9.17) is 4.74 Å². The summed E-state index contributed by atoms with van der Waals surface area (Å²) in [4.78, 5) is 15.3. The van der Waals surface area contributed by atoms with E-state index in [1.807, 2.05) is 30.3 Å². The zero-order valence-corrected chi connectivity index (χ0v) is 12.7. The average molecular weight is 299 g/mol. The van der Waals surface area contributed by atoms with Crippen LogP contribution in [0.4, 0.5) is 5.69 Å². The molecule has 0 saturated carbocycles. The number of hydrogen-bond acceptors (Lipinski definition) is 4. The summed E-state index contributed by atoms with van der Waals surface area (Å²) in [6, 6.07) is 18.5. The largest absolute Gasteiger partial charge is 0.468 e. The minimum Gasteiger partial charge on any atom is -0.468 e. The minimum absolute atomic E-state index is 0.160. The van der Waals surface area contributed by atoms with Crippen LogP contribution in [0.2, 0.25) is 0 Å². The van der Waals surface area contributed by atoms with E-state index in [0.29, 0.717) is 6.54 Å². The van der Waals surface area contributed by atoms with Gasteiger partial charge in [-0.2, -0.15) is 0 Å². The van der Waals surface area contributed by atoms with Gasteiger partial charge in [0.1, 0.15) is 5.25 Å². The number of rotatable bonds is 3. The Morgan fingerprint density at radius 1 is 1.19 bits per heavy atom. The van der Waals surface area contributed by atoms with Gasteiger partial charge in [-0.25, -0.2) is 0 Å². The highest BCUT2D eigenvalue weighted by atomic mass is 32.2. The molecule has 4 heteroatoms. The molecule has 0 spiro atoms. The fourth-order valence-corrected chi connectivity index (χ4v) is 3.74. The van der Waals surface area contributed by atoms with Gasteiger partial charge in [0, 0.05) is 18.0 Å². The molecule has 0 aliphatic carbocycles. The third kappa shape index (κ3) is 3.05. The predicted octanol–water partition coefficient (Wildman–Crippen LogP) is 3.34. The van der Waals surface area contributed by atoms with Crippen LogP contribution in [0.15, 0.2) is 59.5 Å². The third-order valence-electron chi connectivity index (χ3n) is 3.54. The van der Waals surface area contributed by atoms with E-state index >= 15 is 0 Å². The van der Waals surface area contributed by atoms with Crippen molar-refractivity contribution in [3.05, 3.63) is 60.2 Å². The van der Waals surface area contributed by atoms with Gasteiger partial charge in [0.25, 0.3) is 0 Å². The molecular weight excluding hydrogens is 282 g/mol. The van der Waals surface area contributed by atoms with Crippen molar-refractivity contribution < 1.29 is 9.53 Å². The number of carbonyl (C=O) groups is 1. The van der Waals surface area contributed by atoms with Gasteiger partial charge >= 0.3 is 5.97 Å². The van der Waals surface area contributed by atoms with Crippen LogP contribution in [-0.2, 0) is 16.1 Å². The summed E-state index contributed by atoms with van der Waals surface area (Å²) in [5, 5.41) is -0.173. The first-order valence-corrected chi connectivity index (χ1v) is 7.78. The second-order valence-corrected chi connectivity index (χ2v) is 6.21. The fraction of sp³-hybridized carbons (Fsp3) is 0.235. The molecule has 0 radical (unpaired) electrons. The number of thioether (sulfide) groups is 1. The van der Waals surface area contributed by atoms with Gasteiger partial charge in [0.05, 0.1) is 12.8 Å². The van der Waals surface area contributed by atoms with Crippen molar-refractivity contribution in [2.45, 2.75) is 16.7 Å². The van der Waals surface area contributed by atoms with Gasteiger partial charge in [0.15, 0.2) is 0 Å². The van der Waals surface area contributed by atoms with Crippen molar-refractivity contribution >= 4 is 23.4 Å². The lowest BCUT2D eigenvalue weighted by molar-refractivity contribution is -0.139. The molecule has 0 unspecified atom stereocenters. The highest BCUT2D eigenvalue weighted by Crippen LogP contribution is 2.39. The maximum Gasteiger partial charge on any atom is 0.320 e. The molecule has 0 N–H and O–H groups in total. The maximum atomic E-state index is 11.9. The number of fused-ring (bicyclic) bond motifs is 1. The monoisotopic (exact) mass is 299 g/mol. The van der Waals surface area contributed by atoms with E-state index in [0.717, 1.165) is 11.4 Å². The number of carbonyl (C=O) groups excluding carboxylic acids is 1. The number of hydrogen-bond donors (Lipinski definition) is 0. The van der Waals surface area contributed by atoms with Crippen LogP contribution in [0.1, 0.15) is 5.56 Å². The first-order valence-electron chi connectivity index (χ1n) is 6.90.